The van der Waals surface area contributed by atoms with Crippen molar-refractivity contribution in [2.24, 2.45) is 0 Å². The molecule has 19 heavy (non-hydrogen) atoms. The number of thiophene rings is 1. The maximum Gasteiger partial charge on any atom is 0.161 e. The molecule has 0 atom stereocenters. The Labute approximate surface area is 120 Å². The fourth-order valence-electron chi connectivity index (χ4n) is 1.89. The number of aromatic nitrogens is 2. The number of benzene rings is 1. The molecule has 0 radical (unpaired) electrons. The molecule has 0 saturated heterocycles. The number of halogens is 1. The quantitative estimate of drug-likeness (QED) is 0.630. The molecule has 94 valence electrons. The zero-order chi connectivity index (χ0) is 13.2. The van der Waals surface area contributed by atoms with Crippen LogP contribution < -0.4 is 0 Å². The summed E-state index contributed by atoms with van der Waals surface area (Å²) in [6.45, 7) is 2.07. The maximum absolute atomic E-state index is 6.12. The van der Waals surface area contributed by atoms with Gasteiger partial charge in [-0.2, -0.15) is 0 Å². The molecule has 3 rings (SSSR count). The SMILES string of the molecule is Cc1ccsc1-c1cc(Cl)nc(-c2ccccc2)n1. The van der Waals surface area contributed by atoms with Gasteiger partial charge in [-0.3, -0.25) is 0 Å². The van der Waals surface area contributed by atoms with Gasteiger partial charge in [0.1, 0.15) is 5.15 Å². The molecule has 0 fully saturated rings. The molecule has 0 N–H and O–H groups in total. The Morgan fingerprint density at radius 2 is 1.84 bits per heavy atom. The highest BCUT2D eigenvalue weighted by Crippen LogP contribution is 2.30. The summed E-state index contributed by atoms with van der Waals surface area (Å²) in [5, 5.41) is 2.53. The van der Waals surface area contributed by atoms with Gasteiger partial charge < -0.3 is 0 Å². The average molecular weight is 287 g/mol. The van der Waals surface area contributed by atoms with Crippen LogP contribution in [-0.2, 0) is 0 Å². The van der Waals surface area contributed by atoms with Gasteiger partial charge >= 0.3 is 0 Å². The minimum atomic E-state index is 0.469. The van der Waals surface area contributed by atoms with Crippen LogP contribution in [0.15, 0.2) is 47.8 Å². The second-order valence-corrected chi connectivity index (χ2v) is 5.50. The van der Waals surface area contributed by atoms with Gasteiger partial charge in [-0.25, -0.2) is 9.97 Å². The highest BCUT2D eigenvalue weighted by Gasteiger charge is 2.10. The lowest BCUT2D eigenvalue weighted by Crippen LogP contribution is -1.92. The van der Waals surface area contributed by atoms with Gasteiger partial charge in [-0.1, -0.05) is 41.9 Å². The lowest BCUT2D eigenvalue weighted by molar-refractivity contribution is 1.18. The Bertz CT molecular complexity index is 707. The Hall–Kier alpha value is -1.71. The van der Waals surface area contributed by atoms with Gasteiger partial charge in [0.25, 0.3) is 0 Å². The average Bonchev–Trinajstić information content (AvgIpc) is 2.85. The smallest absolute Gasteiger partial charge is 0.161 e. The highest BCUT2D eigenvalue weighted by molar-refractivity contribution is 7.13. The van der Waals surface area contributed by atoms with Crippen LogP contribution in [0.4, 0.5) is 0 Å². The van der Waals surface area contributed by atoms with Crippen molar-refractivity contribution in [2.45, 2.75) is 6.92 Å². The molecule has 2 heterocycles. The van der Waals surface area contributed by atoms with Crippen LogP contribution in [0, 0.1) is 6.92 Å². The first-order valence-corrected chi connectivity index (χ1v) is 7.14. The Morgan fingerprint density at radius 1 is 1.05 bits per heavy atom. The molecule has 1 aromatic carbocycles. The van der Waals surface area contributed by atoms with Crippen LogP contribution >= 0.6 is 22.9 Å². The Kier molecular flexibility index (Phi) is 3.32. The van der Waals surface area contributed by atoms with E-state index in [0.717, 1.165) is 16.1 Å². The molecule has 0 amide bonds. The van der Waals surface area contributed by atoms with Crippen LogP contribution in [0.3, 0.4) is 0 Å². The van der Waals surface area contributed by atoms with Crippen molar-refractivity contribution in [2.75, 3.05) is 0 Å². The van der Waals surface area contributed by atoms with E-state index in [1.54, 1.807) is 11.3 Å². The van der Waals surface area contributed by atoms with E-state index in [9.17, 15) is 0 Å². The summed E-state index contributed by atoms with van der Waals surface area (Å²) in [6, 6.07) is 13.8. The zero-order valence-corrected chi connectivity index (χ0v) is 11.9. The molecule has 3 aromatic rings. The Morgan fingerprint density at radius 3 is 2.53 bits per heavy atom. The van der Waals surface area contributed by atoms with E-state index < -0.39 is 0 Å². The molecule has 0 aliphatic rings. The van der Waals surface area contributed by atoms with Crippen molar-refractivity contribution in [1.29, 1.82) is 0 Å². The van der Waals surface area contributed by atoms with E-state index >= 15 is 0 Å². The molecule has 0 unspecified atom stereocenters. The van der Waals surface area contributed by atoms with Gasteiger partial charge in [0.05, 0.1) is 10.6 Å². The molecule has 0 bridgehead atoms. The predicted octanol–water partition coefficient (Wildman–Crippen LogP) is 4.83. The second kappa shape index (κ2) is 5.11. The third-order valence-electron chi connectivity index (χ3n) is 2.82. The van der Waals surface area contributed by atoms with Gasteiger partial charge in [0.2, 0.25) is 0 Å². The van der Waals surface area contributed by atoms with Crippen molar-refractivity contribution in [3.05, 3.63) is 58.6 Å². The normalized spacial score (nSPS) is 10.6. The van der Waals surface area contributed by atoms with Crippen LogP contribution in [0.1, 0.15) is 5.56 Å². The zero-order valence-electron chi connectivity index (χ0n) is 10.3. The van der Waals surface area contributed by atoms with Gasteiger partial charge in [0.15, 0.2) is 5.82 Å². The van der Waals surface area contributed by atoms with Crippen LogP contribution in [0.5, 0.6) is 0 Å². The van der Waals surface area contributed by atoms with Crippen molar-refractivity contribution in [3.8, 4) is 22.0 Å². The molecule has 4 heteroatoms. The monoisotopic (exact) mass is 286 g/mol. The summed E-state index contributed by atoms with van der Waals surface area (Å²) in [7, 11) is 0. The molecule has 0 aliphatic heterocycles. The van der Waals surface area contributed by atoms with E-state index in [1.807, 2.05) is 36.4 Å². The first-order valence-electron chi connectivity index (χ1n) is 5.88. The third kappa shape index (κ3) is 2.53. The lowest BCUT2D eigenvalue weighted by Gasteiger charge is -2.05. The third-order valence-corrected chi connectivity index (χ3v) is 4.05. The van der Waals surface area contributed by atoms with Gasteiger partial charge in [-0.05, 0) is 23.9 Å². The number of hydrogen-bond acceptors (Lipinski definition) is 3. The summed E-state index contributed by atoms with van der Waals surface area (Å²) < 4.78 is 0. The first-order chi connectivity index (χ1) is 9.24. The van der Waals surface area contributed by atoms with Crippen molar-refractivity contribution < 1.29 is 0 Å². The summed E-state index contributed by atoms with van der Waals surface area (Å²) >= 11 is 7.79. The number of nitrogens with zero attached hydrogens (tertiary/aromatic N) is 2. The fourth-order valence-corrected chi connectivity index (χ4v) is 2.96. The van der Waals surface area contributed by atoms with E-state index in [0.29, 0.717) is 11.0 Å². The molecule has 0 saturated carbocycles. The predicted molar refractivity (Wildman–Crippen MR) is 80.5 cm³/mol. The molecule has 0 spiro atoms. The minimum Gasteiger partial charge on any atom is -0.227 e. The molecular formula is C15H11ClN2S. The fraction of sp³-hybridized carbons (Fsp3) is 0.0667. The summed E-state index contributed by atoms with van der Waals surface area (Å²) in [5.74, 6) is 0.663. The topological polar surface area (TPSA) is 25.8 Å². The van der Waals surface area contributed by atoms with Crippen LogP contribution in [0.25, 0.3) is 22.0 Å². The van der Waals surface area contributed by atoms with Crippen LogP contribution in [0.2, 0.25) is 5.15 Å². The summed E-state index contributed by atoms with van der Waals surface area (Å²) in [6.07, 6.45) is 0. The lowest BCUT2D eigenvalue weighted by atomic mass is 10.2. The van der Waals surface area contributed by atoms with E-state index in [-0.39, 0.29) is 0 Å². The number of hydrogen-bond donors (Lipinski definition) is 0. The van der Waals surface area contributed by atoms with Crippen molar-refractivity contribution in [1.82, 2.24) is 9.97 Å². The van der Waals surface area contributed by atoms with Crippen LogP contribution in [-0.4, -0.2) is 9.97 Å². The standard InChI is InChI=1S/C15H11ClN2S/c1-10-7-8-19-14(10)12-9-13(16)18-15(17-12)11-5-3-2-4-6-11/h2-9H,1H3. The largest absolute Gasteiger partial charge is 0.227 e. The second-order valence-electron chi connectivity index (χ2n) is 4.20. The highest BCUT2D eigenvalue weighted by atomic mass is 35.5. The maximum atomic E-state index is 6.12. The van der Waals surface area contributed by atoms with Crippen molar-refractivity contribution >= 4 is 22.9 Å². The van der Waals surface area contributed by atoms with Gasteiger partial charge in [-0.15, -0.1) is 11.3 Å². The first kappa shape index (κ1) is 12.3. The molecular weight excluding hydrogens is 276 g/mol. The van der Waals surface area contributed by atoms with Crippen molar-refractivity contribution in [3.63, 3.8) is 0 Å². The van der Waals surface area contributed by atoms with E-state index in [2.05, 4.69) is 28.3 Å². The molecule has 0 aliphatic carbocycles. The summed E-state index contributed by atoms with van der Waals surface area (Å²) in [5.41, 5.74) is 3.06. The summed E-state index contributed by atoms with van der Waals surface area (Å²) in [4.78, 5) is 10.1. The molecule has 2 nitrogen and oxygen atoms in total. The van der Waals surface area contributed by atoms with E-state index in [1.165, 1.54) is 5.56 Å². The van der Waals surface area contributed by atoms with E-state index in [4.69, 9.17) is 11.6 Å². The number of rotatable bonds is 2. The van der Waals surface area contributed by atoms with Gasteiger partial charge in [0, 0.05) is 11.6 Å². The molecule has 2 aromatic heterocycles. The minimum absolute atomic E-state index is 0.469. The number of aryl methyl sites for hydroxylation is 1. The Balaban J connectivity index is 2.14.